The number of rotatable bonds is 5. The minimum atomic E-state index is -3.38. The van der Waals surface area contributed by atoms with Gasteiger partial charge in [-0.15, -0.1) is 0 Å². The predicted octanol–water partition coefficient (Wildman–Crippen LogP) is 1.07. The first-order valence-corrected chi connectivity index (χ1v) is 7.66. The fraction of sp³-hybridized carbons (Fsp3) is 0.500. The van der Waals surface area contributed by atoms with Crippen molar-refractivity contribution in [2.75, 3.05) is 17.1 Å². The Morgan fingerprint density at radius 2 is 2.17 bits per heavy atom. The highest BCUT2D eigenvalue weighted by atomic mass is 32.2. The van der Waals surface area contributed by atoms with Crippen molar-refractivity contribution in [1.82, 2.24) is 0 Å². The fourth-order valence-electron chi connectivity index (χ4n) is 2.03. The summed E-state index contributed by atoms with van der Waals surface area (Å²) in [6, 6.07) is 7.14. The van der Waals surface area contributed by atoms with E-state index in [4.69, 9.17) is 10.5 Å². The number of hydrogen-bond donors (Lipinski definition) is 2. The molecule has 0 amide bonds. The van der Waals surface area contributed by atoms with E-state index in [1.54, 1.807) is 12.1 Å². The number of nitrogens with one attached hydrogen (secondary N) is 1. The molecule has 6 heteroatoms. The van der Waals surface area contributed by atoms with E-state index in [1.165, 1.54) is 0 Å². The van der Waals surface area contributed by atoms with Crippen molar-refractivity contribution in [2.45, 2.75) is 25.5 Å². The summed E-state index contributed by atoms with van der Waals surface area (Å²) in [5, 5.41) is 0. The molecule has 1 aliphatic rings. The van der Waals surface area contributed by atoms with Gasteiger partial charge in [0, 0.05) is 13.2 Å². The molecule has 0 aromatic heterocycles. The molecule has 1 heterocycles. The summed E-state index contributed by atoms with van der Waals surface area (Å²) >= 11 is 0. The van der Waals surface area contributed by atoms with Gasteiger partial charge >= 0.3 is 0 Å². The van der Waals surface area contributed by atoms with E-state index in [2.05, 4.69) is 4.72 Å². The van der Waals surface area contributed by atoms with Gasteiger partial charge in [0.1, 0.15) is 0 Å². The molecule has 0 saturated carbocycles. The molecular formula is C12H18N2O3S. The van der Waals surface area contributed by atoms with E-state index in [9.17, 15) is 8.42 Å². The van der Waals surface area contributed by atoms with Gasteiger partial charge in [-0.3, -0.25) is 4.72 Å². The number of hydrogen-bond acceptors (Lipinski definition) is 4. The summed E-state index contributed by atoms with van der Waals surface area (Å²) < 4.78 is 31.9. The highest BCUT2D eigenvalue weighted by Crippen LogP contribution is 2.19. The largest absolute Gasteiger partial charge is 0.377 e. The zero-order valence-corrected chi connectivity index (χ0v) is 10.9. The van der Waals surface area contributed by atoms with Gasteiger partial charge in [-0.25, -0.2) is 8.42 Å². The van der Waals surface area contributed by atoms with Crippen molar-refractivity contribution in [3.63, 3.8) is 0 Å². The van der Waals surface area contributed by atoms with Gasteiger partial charge in [0.2, 0.25) is 10.0 Å². The van der Waals surface area contributed by atoms with Crippen molar-refractivity contribution in [3.05, 3.63) is 29.8 Å². The molecule has 3 N–H and O–H groups in total. The van der Waals surface area contributed by atoms with Gasteiger partial charge in [-0.1, -0.05) is 18.2 Å². The molecule has 1 saturated heterocycles. The number of nitrogens with two attached hydrogens (primary N) is 1. The molecule has 100 valence electrons. The van der Waals surface area contributed by atoms with Crippen LogP contribution in [0, 0.1) is 0 Å². The highest BCUT2D eigenvalue weighted by Gasteiger charge is 2.23. The predicted molar refractivity (Wildman–Crippen MR) is 70.7 cm³/mol. The van der Waals surface area contributed by atoms with Crippen LogP contribution >= 0.6 is 0 Å². The second-order valence-electron chi connectivity index (χ2n) is 4.38. The van der Waals surface area contributed by atoms with Crippen LogP contribution in [0.15, 0.2) is 24.3 Å². The Balaban J connectivity index is 2.06. The second-order valence-corrected chi connectivity index (χ2v) is 6.15. The van der Waals surface area contributed by atoms with Gasteiger partial charge in [0.25, 0.3) is 0 Å². The Hall–Kier alpha value is -1.11. The van der Waals surface area contributed by atoms with E-state index >= 15 is 0 Å². The van der Waals surface area contributed by atoms with E-state index < -0.39 is 10.0 Å². The molecule has 5 nitrogen and oxygen atoms in total. The molecule has 2 rings (SSSR count). The zero-order valence-electron chi connectivity index (χ0n) is 10.1. The average Bonchev–Trinajstić information content (AvgIpc) is 2.81. The van der Waals surface area contributed by atoms with Crippen LogP contribution < -0.4 is 10.5 Å². The quantitative estimate of drug-likeness (QED) is 0.838. The summed E-state index contributed by atoms with van der Waals surface area (Å²) in [6.07, 6.45) is 1.55. The van der Waals surface area contributed by atoms with Crippen molar-refractivity contribution in [3.8, 4) is 0 Å². The van der Waals surface area contributed by atoms with Crippen LogP contribution in [0.3, 0.4) is 0 Å². The first-order chi connectivity index (χ1) is 8.61. The Bertz CT molecular complexity index is 496. The lowest BCUT2D eigenvalue weighted by Crippen LogP contribution is -2.26. The Morgan fingerprint density at radius 1 is 1.39 bits per heavy atom. The maximum absolute atomic E-state index is 12.0. The van der Waals surface area contributed by atoms with Gasteiger partial charge in [-0.2, -0.15) is 0 Å². The summed E-state index contributed by atoms with van der Waals surface area (Å²) in [4.78, 5) is 0. The molecule has 0 aliphatic carbocycles. The molecule has 0 spiro atoms. The van der Waals surface area contributed by atoms with E-state index in [1.807, 2.05) is 12.1 Å². The number of ether oxygens (including phenoxy) is 1. The molecule has 1 aliphatic heterocycles. The van der Waals surface area contributed by atoms with E-state index in [0.29, 0.717) is 18.8 Å². The molecule has 1 fully saturated rings. The van der Waals surface area contributed by atoms with E-state index in [-0.39, 0.29) is 11.9 Å². The van der Waals surface area contributed by atoms with Gasteiger partial charge < -0.3 is 10.5 Å². The smallest absolute Gasteiger partial charge is 0.235 e. The second kappa shape index (κ2) is 5.69. The number of anilines is 1. The van der Waals surface area contributed by atoms with Crippen LogP contribution in [0.25, 0.3) is 0 Å². The van der Waals surface area contributed by atoms with Crippen molar-refractivity contribution in [1.29, 1.82) is 0 Å². The summed E-state index contributed by atoms with van der Waals surface area (Å²) in [6.45, 7) is 0.957. The maximum atomic E-state index is 12.0. The Labute approximate surface area is 107 Å². The van der Waals surface area contributed by atoms with Crippen LogP contribution in [0.5, 0.6) is 0 Å². The lowest BCUT2D eigenvalue weighted by molar-refractivity contribution is 0.127. The first-order valence-electron chi connectivity index (χ1n) is 6.01. The third-order valence-corrected chi connectivity index (χ3v) is 4.27. The zero-order chi connectivity index (χ0) is 13.0. The summed E-state index contributed by atoms with van der Waals surface area (Å²) in [5.41, 5.74) is 6.91. The summed E-state index contributed by atoms with van der Waals surface area (Å²) in [7, 11) is -3.38. The van der Waals surface area contributed by atoms with Crippen molar-refractivity contribution in [2.24, 2.45) is 5.73 Å². The molecule has 1 atom stereocenters. The normalized spacial score (nSPS) is 19.9. The van der Waals surface area contributed by atoms with Crippen molar-refractivity contribution < 1.29 is 13.2 Å². The Morgan fingerprint density at radius 3 is 2.83 bits per heavy atom. The minimum absolute atomic E-state index is 0.00586. The summed E-state index contributed by atoms with van der Waals surface area (Å²) in [5.74, 6) is 0.00586. The molecule has 1 aromatic rings. The maximum Gasteiger partial charge on any atom is 0.235 e. The number of sulfonamides is 1. The molecule has 18 heavy (non-hydrogen) atoms. The lowest BCUT2D eigenvalue weighted by atomic mass is 10.2. The van der Waals surface area contributed by atoms with Crippen LogP contribution in [-0.4, -0.2) is 26.9 Å². The molecule has 1 aromatic carbocycles. The van der Waals surface area contributed by atoms with Gasteiger partial charge in [-0.05, 0) is 24.5 Å². The van der Waals surface area contributed by atoms with E-state index in [0.717, 1.165) is 18.4 Å². The SMILES string of the molecule is NCc1ccccc1NS(=O)(=O)CC1CCCO1. The van der Waals surface area contributed by atoms with Crippen LogP contribution in [0.4, 0.5) is 5.69 Å². The standard InChI is InChI=1S/C12H18N2O3S/c13-8-10-4-1-2-6-12(10)14-18(15,16)9-11-5-3-7-17-11/h1-2,4,6,11,14H,3,5,7-9,13H2. The van der Waals surface area contributed by atoms with Gasteiger partial charge in [0.05, 0.1) is 17.5 Å². The molecule has 1 unspecified atom stereocenters. The topological polar surface area (TPSA) is 81.4 Å². The Kier molecular flexibility index (Phi) is 4.21. The molecule has 0 bridgehead atoms. The highest BCUT2D eigenvalue weighted by molar-refractivity contribution is 7.92. The third kappa shape index (κ3) is 3.44. The van der Waals surface area contributed by atoms with Crippen LogP contribution in [0.2, 0.25) is 0 Å². The number of para-hydroxylation sites is 1. The fourth-order valence-corrected chi connectivity index (χ4v) is 3.40. The first kappa shape index (κ1) is 13.3. The molecule has 0 radical (unpaired) electrons. The van der Waals surface area contributed by atoms with Crippen molar-refractivity contribution >= 4 is 15.7 Å². The lowest BCUT2D eigenvalue weighted by Gasteiger charge is -2.14. The van der Waals surface area contributed by atoms with Gasteiger partial charge in [0.15, 0.2) is 0 Å². The monoisotopic (exact) mass is 270 g/mol. The third-order valence-electron chi connectivity index (χ3n) is 2.93. The molecular weight excluding hydrogens is 252 g/mol. The minimum Gasteiger partial charge on any atom is -0.377 e. The number of benzene rings is 1. The van der Waals surface area contributed by atoms with Crippen LogP contribution in [-0.2, 0) is 21.3 Å². The van der Waals surface area contributed by atoms with Crippen LogP contribution in [0.1, 0.15) is 18.4 Å². The average molecular weight is 270 g/mol.